The molecule has 0 spiro atoms. The van der Waals surface area contributed by atoms with E-state index < -0.39 is 11.6 Å². The van der Waals surface area contributed by atoms with E-state index in [2.05, 4.69) is 31.9 Å². The number of nitrogens with two attached hydrogens (primary N) is 1. The van der Waals surface area contributed by atoms with E-state index in [9.17, 15) is 8.78 Å². The first-order valence-corrected chi connectivity index (χ1v) is 7.85. The van der Waals surface area contributed by atoms with E-state index in [1.54, 1.807) is 0 Å². The zero-order valence-corrected chi connectivity index (χ0v) is 14.2. The van der Waals surface area contributed by atoms with Crippen molar-refractivity contribution in [2.45, 2.75) is 13.0 Å². The summed E-state index contributed by atoms with van der Waals surface area (Å²) in [7, 11) is 0. The smallest absolute Gasteiger partial charge is 0.146 e. The largest absolute Gasteiger partial charge is 0.487 e. The van der Waals surface area contributed by atoms with Crippen LogP contribution in [-0.4, -0.2) is 6.54 Å². The van der Waals surface area contributed by atoms with Crippen LogP contribution in [0.5, 0.6) is 5.75 Å². The Morgan fingerprint density at radius 3 is 2.52 bits per heavy atom. The van der Waals surface area contributed by atoms with Gasteiger partial charge in [0.1, 0.15) is 24.0 Å². The maximum absolute atomic E-state index is 13.9. The number of halogens is 4. The predicted octanol–water partition coefficient (Wildman–Crippen LogP) is 4.57. The van der Waals surface area contributed by atoms with E-state index in [-0.39, 0.29) is 16.6 Å². The first-order chi connectivity index (χ1) is 10.0. The molecule has 2 rings (SSSR count). The second-order valence-corrected chi connectivity index (χ2v) is 6.09. The lowest BCUT2D eigenvalue weighted by Gasteiger charge is -2.14. The maximum atomic E-state index is 13.9. The minimum absolute atomic E-state index is 0.112. The van der Waals surface area contributed by atoms with Crippen molar-refractivity contribution in [2.75, 3.05) is 6.54 Å². The molecular formula is C15H13Br2F2NO. The molecule has 0 fully saturated rings. The van der Waals surface area contributed by atoms with E-state index in [0.29, 0.717) is 18.7 Å². The van der Waals surface area contributed by atoms with Crippen LogP contribution >= 0.6 is 31.9 Å². The van der Waals surface area contributed by atoms with Gasteiger partial charge in [-0.2, -0.15) is 0 Å². The molecule has 2 aromatic carbocycles. The third kappa shape index (κ3) is 3.81. The van der Waals surface area contributed by atoms with Gasteiger partial charge in [0, 0.05) is 0 Å². The summed E-state index contributed by atoms with van der Waals surface area (Å²) in [5.74, 6) is -0.729. The maximum Gasteiger partial charge on any atom is 0.146 e. The highest BCUT2D eigenvalue weighted by molar-refractivity contribution is 9.10. The number of hydrogen-bond donors (Lipinski definition) is 1. The zero-order chi connectivity index (χ0) is 15.4. The molecule has 0 aromatic heterocycles. The molecular weight excluding hydrogens is 408 g/mol. The number of hydrogen-bond acceptors (Lipinski definition) is 2. The Balaban J connectivity index is 2.27. The zero-order valence-electron chi connectivity index (χ0n) is 11.0. The highest BCUT2D eigenvalue weighted by Gasteiger charge is 2.15. The van der Waals surface area contributed by atoms with E-state index >= 15 is 0 Å². The predicted molar refractivity (Wildman–Crippen MR) is 85.3 cm³/mol. The SMILES string of the molecule is NCCc1cccc(Br)c1OCc1c(F)ccc(Br)c1F. The van der Waals surface area contributed by atoms with Gasteiger partial charge < -0.3 is 10.5 Å². The molecule has 0 saturated heterocycles. The lowest BCUT2D eigenvalue weighted by Crippen LogP contribution is -2.07. The second kappa shape index (κ2) is 7.33. The Hall–Kier alpha value is -0.980. The van der Waals surface area contributed by atoms with Crippen LogP contribution in [0.25, 0.3) is 0 Å². The van der Waals surface area contributed by atoms with Crippen LogP contribution < -0.4 is 10.5 Å². The number of para-hydroxylation sites is 1. The van der Waals surface area contributed by atoms with Gasteiger partial charge in [0.05, 0.1) is 14.5 Å². The van der Waals surface area contributed by atoms with Crippen molar-refractivity contribution >= 4 is 31.9 Å². The summed E-state index contributed by atoms with van der Waals surface area (Å²) in [6, 6.07) is 8.07. The molecule has 0 atom stereocenters. The number of ether oxygens (including phenoxy) is 1. The van der Waals surface area contributed by atoms with E-state index in [4.69, 9.17) is 10.5 Å². The Labute approximate surface area is 138 Å². The van der Waals surface area contributed by atoms with E-state index in [1.165, 1.54) is 12.1 Å². The fourth-order valence-electron chi connectivity index (χ4n) is 1.91. The van der Waals surface area contributed by atoms with Crippen molar-refractivity contribution in [1.82, 2.24) is 0 Å². The van der Waals surface area contributed by atoms with Gasteiger partial charge in [0.2, 0.25) is 0 Å². The molecule has 0 bridgehead atoms. The quantitative estimate of drug-likeness (QED) is 0.719. The van der Waals surface area contributed by atoms with Crippen LogP contribution in [0.15, 0.2) is 39.3 Å². The molecule has 0 saturated carbocycles. The van der Waals surface area contributed by atoms with Crippen molar-refractivity contribution < 1.29 is 13.5 Å². The van der Waals surface area contributed by atoms with E-state index in [1.807, 2.05) is 18.2 Å². The Morgan fingerprint density at radius 2 is 1.81 bits per heavy atom. The van der Waals surface area contributed by atoms with Gasteiger partial charge in [-0.15, -0.1) is 0 Å². The molecule has 6 heteroatoms. The van der Waals surface area contributed by atoms with E-state index in [0.717, 1.165) is 10.0 Å². The first-order valence-electron chi connectivity index (χ1n) is 6.27. The molecule has 0 unspecified atom stereocenters. The van der Waals surface area contributed by atoms with Crippen LogP contribution in [0.1, 0.15) is 11.1 Å². The molecule has 0 aliphatic heterocycles. The van der Waals surface area contributed by atoms with Gasteiger partial charge in [-0.25, -0.2) is 8.78 Å². The van der Waals surface area contributed by atoms with Gasteiger partial charge in [-0.05, 0) is 68.6 Å². The first kappa shape index (κ1) is 16.4. The minimum Gasteiger partial charge on any atom is -0.487 e. The Bertz CT molecular complexity index is 650. The molecule has 0 heterocycles. The summed E-state index contributed by atoms with van der Waals surface area (Å²) in [5, 5.41) is 0. The molecule has 2 nitrogen and oxygen atoms in total. The lowest BCUT2D eigenvalue weighted by atomic mass is 10.1. The summed E-state index contributed by atoms with van der Waals surface area (Å²) in [4.78, 5) is 0. The van der Waals surface area contributed by atoms with Crippen molar-refractivity contribution in [1.29, 1.82) is 0 Å². The highest BCUT2D eigenvalue weighted by Crippen LogP contribution is 2.31. The fourth-order valence-corrected chi connectivity index (χ4v) is 2.81. The van der Waals surface area contributed by atoms with Crippen molar-refractivity contribution in [3.8, 4) is 5.75 Å². The van der Waals surface area contributed by atoms with Gasteiger partial charge in [0.25, 0.3) is 0 Å². The molecule has 0 aliphatic carbocycles. The van der Waals surface area contributed by atoms with Crippen LogP contribution in [0, 0.1) is 11.6 Å². The van der Waals surface area contributed by atoms with Crippen molar-refractivity contribution in [2.24, 2.45) is 5.73 Å². The molecule has 2 aromatic rings. The van der Waals surface area contributed by atoms with Crippen LogP contribution in [0.4, 0.5) is 8.78 Å². The third-order valence-corrected chi connectivity index (χ3v) is 4.20. The molecule has 2 N–H and O–H groups in total. The van der Waals surface area contributed by atoms with Crippen LogP contribution in [0.3, 0.4) is 0 Å². The average molecular weight is 421 g/mol. The van der Waals surface area contributed by atoms with Crippen LogP contribution in [-0.2, 0) is 13.0 Å². The topological polar surface area (TPSA) is 35.2 Å². The minimum atomic E-state index is -0.651. The average Bonchev–Trinajstić information content (AvgIpc) is 2.46. The van der Waals surface area contributed by atoms with Gasteiger partial charge in [-0.3, -0.25) is 0 Å². The lowest BCUT2D eigenvalue weighted by molar-refractivity contribution is 0.287. The summed E-state index contributed by atoms with van der Waals surface area (Å²) in [5.41, 5.74) is 6.34. The Morgan fingerprint density at radius 1 is 1.05 bits per heavy atom. The molecule has 0 amide bonds. The molecule has 0 aliphatic rings. The number of benzene rings is 2. The van der Waals surface area contributed by atoms with Gasteiger partial charge in [0.15, 0.2) is 0 Å². The van der Waals surface area contributed by atoms with Crippen molar-refractivity contribution in [3.05, 3.63) is 62.0 Å². The standard InChI is InChI=1S/C15H13Br2F2NO/c16-11-4-5-13(18)10(14(11)19)8-21-15-9(6-7-20)2-1-3-12(15)17/h1-5H,6-8,20H2. The summed E-state index contributed by atoms with van der Waals surface area (Å²) in [6.07, 6.45) is 0.623. The van der Waals surface area contributed by atoms with Gasteiger partial charge >= 0.3 is 0 Å². The molecule has 112 valence electrons. The number of rotatable bonds is 5. The molecule has 0 radical (unpaired) electrons. The second-order valence-electron chi connectivity index (χ2n) is 4.38. The highest BCUT2D eigenvalue weighted by atomic mass is 79.9. The summed E-state index contributed by atoms with van der Waals surface area (Å²) < 4.78 is 34.2. The molecule has 21 heavy (non-hydrogen) atoms. The monoisotopic (exact) mass is 419 g/mol. The van der Waals surface area contributed by atoms with Gasteiger partial charge in [-0.1, -0.05) is 12.1 Å². The van der Waals surface area contributed by atoms with Crippen molar-refractivity contribution in [3.63, 3.8) is 0 Å². The third-order valence-electron chi connectivity index (χ3n) is 2.96. The summed E-state index contributed by atoms with van der Waals surface area (Å²) >= 11 is 6.42. The fraction of sp³-hybridized carbons (Fsp3) is 0.200. The normalized spacial score (nSPS) is 10.7. The Kier molecular flexibility index (Phi) is 5.72. The summed E-state index contributed by atoms with van der Waals surface area (Å²) in [6.45, 7) is 0.268. The van der Waals surface area contributed by atoms with Crippen LogP contribution in [0.2, 0.25) is 0 Å².